The highest BCUT2D eigenvalue weighted by Crippen LogP contribution is 2.34. The van der Waals surface area contributed by atoms with Crippen molar-refractivity contribution in [3.8, 4) is 5.75 Å². The highest BCUT2D eigenvalue weighted by Gasteiger charge is 2.09. The van der Waals surface area contributed by atoms with E-state index in [9.17, 15) is 19.5 Å². The van der Waals surface area contributed by atoms with Crippen molar-refractivity contribution in [1.82, 2.24) is 9.55 Å². The molecule has 2 rings (SSSR count). The van der Waals surface area contributed by atoms with E-state index in [0.717, 1.165) is 0 Å². The van der Waals surface area contributed by atoms with Crippen LogP contribution in [0.1, 0.15) is 6.42 Å². The second-order valence-electron chi connectivity index (χ2n) is 4.39. The van der Waals surface area contributed by atoms with Gasteiger partial charge in [-0.2, -0.15) is 0 Å². The van der Waals surface area contributed by atoms with Gasteiger partial charge < -0.3 is 15.0 Å². The number of aromatic hydroxyl groups is 1. The minimum atomic E-state index is -0.587. The van der Waals surface area contributed by atoms with Gasteiger partial charge in [-0.1, -0.05) is 23.2 Å². The van der Waals surface area contributed by atoms with Gasteiger partial charge in [-0.3, -0.25) is 14.6 Å². The lowest BCUT2D eigenvalue weighted by molar-refractivity contribution is -0.116. The third-order valence-corrected chi connectivity index (χ3v) is 3.35. The summed E-state index contributed by atoms with van der Waals surface area (Å²) in [5.74, 6) is -0.642. The van der Waals surface area contributed by atoms with Gasteiger partial charge in [-0.15, -0.1) is 0 Å². The van der Waals surface area contributed by atoms with Crippen LogP contribution < -0.4 is 16.6 Å². The zero-order valence-corrected chi connectivity index (χ0v) is 12.6. The van der Waals surface area contributed by atoms with E-state index < -0.39 is 11.2 Å². The highest BCUT2D eigenvalue weighted by molar-refractivity contribution is 6.37. The number of benzene rings is 1. The lowest BCUT2D eigenvalue weighted by Gasteiger charge is -2.08. The second kappa shape index (κ2) is 6.67. The Bertz CT molecular complexity index is 806. The average molecular weight is 344 g/mol. The molecule has 22 heavy (non-hydrogen) atoms. The van der Waals surface area contributed by atoms with E-state index in [1.54, 1.807) is 0 Å². The number of carbonyl (C=O) groups is 1. The molecule has 0 fully saturated rings. The Balaban J connectivity index is 2.01. The molecule has 0 aliphatic carbocycles. The zero-order valence-electron chi connectivity index (χ0n) is 11.1. The molecule has 0 unspecified atom stereocenters. The molecule has 0 saturated carbocycles. The van der Waals surface area contributed by atoms with Gasteiger partial charge >= 0.3 is 5.69 Å². The van der Waals surface area contributed by atoms with Gasteiger partial charge in [-0.25, -0.2) is 4.79 Å². The van der Waals surface area contributed by atoms with E-state index in [4.69, 9.17) is 23.2 Å². The van der Waals surface area contributed by atoms with Crippen molar-refractivity contribution in [3.05, 3.63) is 55.3 Å². The normalized spacial score (nSPS) is 10.5. The van der Waals surface area contributed by atoms with Crippen LogP contribution in [0.3, 0.4) is 0 Å². The molecule has 0 bridgehead atoms. The van der Waals surface area contributed by atoms with Crippen LogP contribution in [-0.2, 0) is 11.3 Å². The molecule has 1 aromatic heterocycles. The summed E-state index contributed by atoms with van der Waals surface area (Å²) in [5, 5.41) is 12.0. The topological polar surface area (TPSA) is 104 Å². The fraction of sp³-hybridized carbons (Fsp3) is 0.154. The molecule has 1 heterocycles. The van der Waals surface area contributed by atoms with E-state index >= 15 is 0 Å². The van der Waals surface area contributed by atoms with Crippen LogP contribution in [0.15, 0.2) is 34.0 Å². The second-order valence-corrected chi connectivity index (χ2v) is 5.20. The first-order valence-corrected chi connectivity index (χ1v) is 6.90. The third kappa shape index (κ3) is 3.90. The number of hydrogen-bond acceptors (Lipinski definition) is 4. The summed E-state index contributed by atoms with van der Waals surface area (Å²) in [4.78, 5) is 36.3. The van der Waals surface area contributed by atoms with Crippen LogP contribution >= 0.6 is 23.2 Å². The van der Waals surface area contributed by atoms with Gasteiger partial charge in [0.1, 0.15) is 0 Å². The molecule has 0 saturated heterocycles. The van der Waals surface area contributed by atoms with Gasteiger partial charge in [-0.05, 0) is 12.1 Å². The van der Waals surface area contributed by atoms with Gasteiger partial charge in [0.05, 0.1) is 10.0 Å². The molecule has 3 N–H and O–H groups in total. The number of anilines is 1. The molecule has 1 aromatic carbocycles. The number of aromatic amines is 1. The summed E-state index contributed by atoms with van der Waals surface area (Å²) in [5.41, 5.74) is -0.762. The fourth-order valence-electron chi connectivity index (χ4n) is 1.70. The Kier molecular flexibility index (Phi) is 4.89. The Morgan fingerprint density at radius 2 is 1.91 bits per heavy atom. The summed E-state index contributed by atoms with van der Waals surface area (Å²) >= 11 is 11.5. The summed E-state index contributed by atoms with van der Waals surface area (Å²) < 4.78 is 1.21. The van der Waals surface area contributed by atoms with Crippen molar-refractivity contribution in [3.63, 3.8) is 0 Å². The molecule has 0 spiro atoms. The van der Waals surface area contributed by atoms with Gasteiger partial charge in [0.25, 0.3) is 5.56 Å². The van der Waals surface area contributed by atoms with Gasteiger partial charge in [0, 0.05) is 30.9 Å². The van der Waals surface area contributed by atoms with Crippen molar-refractivity contribution in [2.45, 2.75) is 13.0 Å². The van der Waals surface area contributed by atoms with E-state index in [0.29, 0.717) is 5.69 Å². The van der Waals surface area contributed by atoms with Crippen LogP contribution in [-0.4, -0.2) is 20.6 Å². The number of phenolic OH excluding ortho intramolecular Hbond substituents is 1. The molecule has 9 heteroatoms. The van der Waals surface area contributed by atoms with E-state index in [2.05, 4.69) is 10.3 Å². The number of aromatic nitrogens is 2. The first-order valence-electron chi connectivity index (χ1n) is 6.14. The van der Waals surface area contributed by atoms with Crippen molar-refractivity contribution in [1.29, 1.82) is 0 Å². The zero-order chi connectivity index (χ0) is 16.3. The first kappa shape index (κ1) is 16.1. The Morgan fingerprint density at radius 1 is 1.27 bits per heavy atom. The summed E-state index contributed by atoms with van der Waals surface area (Å²) in [7, 11) is 0. The predicted molar refractivity (Wildman–Crippen MR) is 82.7 cm³/mol. The average Bonchev–Trinajstić information content (AvgIpc) is 2.43. The molecular formula is C13H11Cl2N3O4. The smallest absolute Gasteiger partial charge is 0.328 e. The van der Waals surface area contributed by atoms with Gasteiger partial charge in [0.2, 0.25) is 5.91 Å². The number of nitrogens with zero attached hydrogens (tertiary/aromatic N) is 1. The lowest BCUT2D eigenvalue weighted by atomic mass is 10.3. The Hall–Kier alpha value is -2.25. The molecule has 0 aliphatic heterocycles. The van der Waals surface area contributed by atoms with Crippen molar-refractivity contribution in [2.75, 3.05) is 5.32 Å². The highest BCUT2D eigenvalue weighted by atomic mass is 35.5. The first-order chi connectivity index (χ1) is 10.4. The molecule has 116 valence electrons. The van der Waals surface area contributed by atoms with Crippen LogP contribution in [0, 0.1) is 0 Å². The number of hydrogen-bond donors (Lipinski definition) is 3. The summed E-state index contributed by atoms with van der Waals surface area (Å²) in [6.45, 7) is 0.0982. The number of H-pyrrole nitrogens is 1. The fourth-order valence-corrected chi connectivity index (χ4v) is 2.19. The van der Waals surface area contributed by atoms with Crippen LogP contribution in [0.2, 0.25) is 10.0 Å². The Morgan fingerprint density at radius 3 is 2.50 bits per heavy atom. The maximum absolute atomic E-state index is 11.8. The SMILES string of the molecule is O=C(CCn1ccc(=O)[nH]c1=O)Nc1cc(Cl)c(O)c(Cl)c1. The lowest BCUT2D eigenvalue weighted by Crippen LogP contribution is -2.29. The van der Waals surface area contributed by atoms with Crippen molar-refractivity contribution >= 4 is 34.8 Å². The number of halogens is 2. The molecule has 2 aromatic rings. The Labute approximate surface area is 134 Å². The predicted octanol–water partition coefficient (Wildman–Crippen LogP) is 1.58. The number of carbonyl (C=O) groups excluding carboxylic acids is 1. The summed E-state index contributed by atoms with van der Waals surface area (Å²) in [6, 6.07) is 3.90. The van der Waals surface area contributed by atoms with Crippen LogP contribution in [0.25, 0.3) is 0 Å². The van der Waals surface area contributed by atoms with E-state index in [-0.39, 0.29) is 34.7 Å². The molecule has 7 nitrogen and oxygen atoms in total. The number of phenols is 1. The number of nitrogens with one attached hydrogen (secondary N) is 2. The van der Waals surface area contributed by atoms with Crippen molar-refractivity contribution < 1.29 is 9.90 Å². The molecule has 0 aliphatic rings. The number of aryl methyl sites for hydroxylation is 1. The summed E-state index contributed by atoms with van der Waals surface area (Å²) in [6.07, 6.45) is 1.31. The molecule has 0 atom stereocenters. The number of amides is 1. The van der Waals surface area contributed by atoms with E-state index in [1.165, 1.54) is 29.0 Å². The maximum Gasteiger partial charge on any atom is 0.328 e. The minimum absolute atomic E-state index is 0.00205. The molecule has 1 amide bonds. The molecular weight excluding hydrogens is 333 g/mol. The van der Waals surface area contributed by atoms with Crippen LogP contribution in [0.5, 0.6) is 5.75 Å². The third-order valence-electron chi connectivity index (χ3n) is 2.78. The standard InChI is InChI=1S/C13H11Cl2N3O4/c14-8-5-7(6-9(15)12(8)21)16-10(19)1-3-18-4-2-11(20)17-13(18)22/h2,4-6,21H,1,3H2,(H,16,19)(H,17,20,22). The minimum Gasteiger partial charge on any atom is -0.505 e. The monoisotopic (exact) mass is 343 g/mol. The largest absolute Gasteiger partial charge is 0.505 e. The van der Waals surface area contributed by atoms with E-state index in [1.807, 2.05) is 0 Å². The molecule has 0 radical (unpaired) electrons. The van der Waals surface area contributed by atoms with Crippen molar-refractivity contribution in [2.24, 2.45) is 0 Å². The quantitative estimate of drug-likeness (QED) is 0.733. The number of rotatable bonds is 4. The van der Waals surface area contributed by atoms with Gasteiger partial charge in [0.15, 0.2) is 5.75 Å². The maximum atomic E-state index is 11.8. The van der Waals surface area contributed by atoms with Crippen LogP contribution in [0.4, 0.5) is 5.69 Å².